The van der Waals surface area contributed by atoms with Crippen LogP contribution in [0.1, 0.15) is 31.9 Å². The number of ether oxygens (including phenoxy) is 1. The molecule has 3 heterocycles. The molecule has 20 heavy (non-hydrogen) atoms. The zero-order valence-electron chi connectivity index (χ0n) is 12.5. The first-order valence-corrected chi connectivity index (χ1v) is 7.65. The van der Waals surface area contributed by atoms with Crippen LogP contribution in [0.4, 0.5) is 0 Å². The molecule has 5 nitrogen and oxygen atoms in total. The molecule has 1 aromatic heterocycles. The van der Waals surface area contributed by atoms with Crippen LogP contribution in [0.15, 0.2) is 12.1 Å². The van der Waals surface area contributed by atoms with Crippen molar-refractivity contribution in [3.05, 3.63) is 17.8 Å². The Balaban J connectivity index is 1.67. The van der Waals surface area contributed by atoms with Gasteiger partial charge in [0.15, 0.2) is 0 Å². The second-order valence-corrected chi connectivity index (χ2v) is 5.85. The fourth-order valence-corrected chi connectivity index (χ4v) is 3.48. The molecule has 0 bridgehead atoms. The van der Waals surface area contributed by atoms with Crippen LogP contribution in [0.3, 0.4) is 0 Å². The number of methoxy groups -OCH3 is 1. The number of hydrogen-bond donors (Lipinski definition) is 0. The van der Waals surface area contributed by atoms with Gasteiger partial charge in [0.05, 0.1) is 12.8 Å². The molecule has 0 amide bonds. The largest absolute Gasteiger partial charge is 0.480 e. The molecule has 2 saturated heterocycles. The Kier molecular flexibility index (Phi) is 4.17. The average Bonchev–Trinajstić information content (AvgIpc) is 2.94. The van der Waals surface area contributed by atoms with Crippen LogP contribution in [-0.4, -0.2) is 58.8 Å². The minimum Gasteiger partial charge on any atom is -0.480 e. The van der Waals surface area contributed by atoms with Crippen LogP contribution in [0.2, 0.25) is 0 Å². The van der Waals surface area contributed by atoms with Crippen molar-refractivity contribution in [2.75, 3.05) is 26.7 Å². The van der Waals surface area contributed by atoms with Gasteiger partial charge in [-0.2, -0.15) is 5.10 Å². The Labute approximate surface area is 120 Å². The topological polar surface area (TPSA) is 41.5 Å². The summed E-state index contributed by atoms with van der Waals surface area (Å²) in [5.41, 5.74) is 1.04. The number of nitrogens with zero attached hydrogens (tertiary/aromatic N) is 4. The number of fused-ring (bicyclic) bond motifs is 1. The van der Waals surface area contributed by atoms with Crippen molar-refractivity contribution in [1.82, 2.24) is 20.0 Å². The van der Waals surface area contributed by atoms with Crippen LogP contribution in [0.5, 0.6) is 5.88 Å². The van der Waals surface area contributed by atoms with Crippen molar-refractivity contribution < 1.29 is 4.74 Å². The Morgan fingerprint density at radius 3 is 2.90 bits per heavy atom. The van der Waals surface area contributed by atoms with Gasteiger partial charge in [0.2, 0.25) is 5.88 Å². The Morgan fingerprint density at radius 2 is 2.20 bits per heavy atom. The van der Waals surface area contributed by atoms with E-state index in [0.29, 0.717) is 11.9 Å². The lowest BCUT2D eigenvalue weighted by Crippen LogP contribution is -2.55. The highest BCUT2D eigenvalue weighted by Crippen LogP contribution is 2.26. The third-order valence-corrected chi connectivity index (χ3v) is 4.65. The molecular weight excluding hydrogens is 252 g/mol. The molecule has 2 atom stereocenters. The van der Waals surface area contributed by atoms with E-state index >= 15 is 0 Å². The lowest BCUT2D eigenvalue weighted by atomic mass is 10.0. The van der Waals surface area contributed by atoms with Crippen LogP contribution in [0.25, 0.3) is 0 Å². The average molecular weight is 276 g/mol. The van der Waals surface area contributed by atoms with Gasteiger partial charge in [-0.1, -0.05) is 6.92 Å². The Hall–Kier alpha value is -1.20. The summed E-state index contributed by atoms with van der Waals surface area (Å²) in [5, 5.41) is 8.34. The summed E-state index contributed by atoms with van der Waals surface area (Å²) in [6.07, 6.45) is 3.91. The highest BCUT2D eigenvalue weighted by Gasteiger charge is 2.35. The molecule has 1 aromatic rings. The van der Waals surface area contributed by atoms with E-state index in [4.69, 9.17) is 4.74 Å². The fraction of sp³-hybridized carbons (Fsp3) is 0.733. The summed E-state index contributed by atoms with van der Waals surface area (Å²) in [6.45, 7) is 6.86. The molecule has 0 N–H and O–H groups in total. The van der Waals surface area contributed by atoms with E-state index in [-0.39, 0.29) is 0 Å². The first-order chi connectivity index (χ1) is 9.80. The van der Waals surface area contributed by atoms with Gasteiger partial charge in [0.25, 0.3) is 0 Å². The van der Waals surface area contributed by atoms with Crippen molar-refractivity contribution in [1.29, 1.82) is 0 Å². The first kappa shape index (κ1) is 13.8. The van der Waals surface area contributed by atoms with Crippen LogP contribution in [0, 0.1) is 0 Å². The third kappa shape index (κ3) is 2.79. The van der Waals surface area contributed by atoms with Crippen LogP contribution >= 0.6 is 0 Å². The van der Waals surface area contributed by atoms with Crippen LogP contribution < -0.4 is 4.74 Å². The first-order valence-electron chi connectivity index (χ1n) is 7.65. The van der Waals surface area contributed by atoms with Crippen molar-refractivity contribution in [2.45, 2.75) is 44.8 Å². The van der Waals surface area contributed by atoms with E-state index in [1.54, 1.807) is 7.11 Å². The zero-order chi connectivity index (χ0) is 13.9. The third-order valence-electron chi connectivity index (χ3n) is 4.65. The number of rotatable bonds is 4. The molecule has 0 radical (unpaired) electrons. The SMILES string of the molecule is CC[C@H]1CN2CCC[C@H]2CN1Cc1ccc(OC)nn1. The van der Waals surface area contributed by atoms with Gasteiger partial charge < -0.3 is 4.74 Å². The standard InChI is InChI=1S/C15H24N4O/c1-3-13-10-18-8-4-5-14(18)11-19(13)9-12-6-7-15(20-2)17-16-12/h6-7,13-14H,3-5,8-11H2,1-2H3/t13-,14-/m0/s1. The van der Waals surface area contributed by atoms with Gasteiger partial charge in [-0.3, -0.25) is 9.80 Å². The molecule has 0 aliphatic carbocycles. The van der Waals surface area contributed by atoms with E-state index in [1.807, 2.05) is 12.1 Å². The van der Waals surface area contributed by atoms with Gasteiger partial charge >= 0.3 is 0 Å². The summed E-state index contributed by atoms with van der Waals surface area (Å²) in [5.74, 6) is 0.585. The minimum absolute atomic E-state index is 0.585. The fourth-order valence-electron chi connectivity index (χ4n) is 3.48. The predicted octanol–water partition coefficient (Wildman–Crippen LogP) is 1.54. The molecule has 2 aliphatic heterocycles. The summed E-state index contributed by atoms with van der Waals surface area (Å²) < 4.78 is 5.06. The summed E-state index contributed by atoms with van der Waals surface area (Å²) >= 11 is 0. The molecule has 5 heteroatoms. The van der Waals surface area contributed by atoms with E-state index in [2.05, 4.69) is 26.9 Å². The molecule has 0 aromatic carbocycles. The van der Waals surface area contributed by atoms with Crippen molar-refractivity contribution in [3.8, 4) is 5.88 Å². The lowest BCUT2D eigenvalue weighted by Gasteiger charge is -2.43. The van der Waals surface area contributed by atoms with E-state index < -0.39 is 0 Å². The smallest absolute Gasteiger partial charge is 0.233 e. The minimum atomic E-state index is 0.585. The molecule has 2 fully saturated rings. The highest BCUT2D eigenvalue weighted by atomic mass is 16.5. The number of piperazine rings is 1. The molecule has 0 unspecified atom stereocenters. The summed E-state index contributed by atoms with van der Waals surface area (Å²) in [4.78, 5) is 5.26. The quantitative estimate of drug-likeness (QED) is 0.834. The van der Waals surface area contributed by atoms with E-state index in [9.17, 15) is 0 Å². The highest BCUT2D eigenvalue weighted by molar-refractivity contribution is 5.11. The lowest BCUT2D eigenvalue weighted by molar-refractivity contribution is 0.0427. The predicted molar refractivity (Wildman–Crippen MR) is 77.7 cm³/mol. The molecule has 0 spiro atoms. The molecular formula is C15H24N4O. The van der Waals surface area contributed by atoms with Crippen molar-refractivity contribution in [3.63, 3.8) is 0 Å². The summed E-state index contributed by atoms with van der Waals surface area (Å²) in [6, 6.07) is 5.33. The Morgan fingerprint density at radius 1 is 1.30 bits per heavy atom. The maximum Gasteiger partial charge on any atom is 0.233 e. The molecule has 110 valence electrons. The Bertz CT molecular complexity index is 436. The van der Waals surface area contributed by atoms with Crippen LogP contribution in [-0.2, 0) is 6.54 Å². The van der Waals surface area contributed by atoms with E-state index in [0.717, 1.165) is 18.3 Å². The monoisotopic (exact) mass is 276 g/mol. The normalized spacial score (nSPS) is 27.5. The van der Waals surface area contributed by atoms with E-state index in [1.165, 1.54) is 38.9 Å². The maximum absolute atomic E-state index is 5.06. The van der Waals surface area contributed by atoms with Crippen molar-refractivity contribution >= 4 is 0 Å². The zero-order valence-corrected chi connectivity index (χ0v) is 12.5. The molecule has 0 saturated carbocycles. The molecule has 3 rings (SSSR count). The van der Waals surface area contributed by atoms with Gasteiger partial charge in [0, 0.05) is 37.8 Å². The maximum atomic E-state index is 5.06. The van der Waals surface area contributed by atoms with Crippen molar-refractivity contribution in [2.24, 2.45) is 0 Å². The van der Waals surface area contributed by atoms with Gasteiger partial charge in [-0.25, -0.2) is 0 Å². The van der Waals surface area contributed by atoms with Gasteiger partial charge in [0.1, 0.15) is 0 Å². The number of aromatic nitrogens is 2. The van der Waals surface area contributed by atoms with Gasteiger partial charge in [-0.15, -0.1) is 5.10 Å². The number of hydrogen-bond acceptors (Lipinski definition) is 5. The van der Waals surface area contributed by atoms with Gasteiger partial charge in [-0.05, 0) is 31.9 Å². The second kappa shape index (κ2) is 6.06. The summed E-state index contributed by atoms with van der Waals surface area (Å²) in [7, 11) is 1.62. The second-order valence-electron chi connectivity index (χ2n) is 5.85. The molecule has 2 aliphatic rings.